The Balaban J connectivity index is 2.37. The molecule has 1 heterocycles. The van der Waals surface area contributed by atoms with Gasteiger partial charge in [-0.3, -0.25) is 4.79 Å². The van der Waals surface area contributed by atoms with E-state index in [9.17, 15) is 4.79 Å². The van der Waals surface area contributed by atoms with Crippen molar-refractivity contribution in [1.82, 2.24) is 0 Å². The van der Waals surface area contributed by atoms with Gasteiger partial charge >= 0.3 is 5.97 Å². The van der Waals surface area contributed by atoms with Gasteiger partial charge in [0.15, 0.2) is 0 Å². The first-order chi connectivity index (χ1) is 6.76. The van der Waals surface area contributed by atoms with Crippen molar-refractivity contribution in [2.24, 2.45) is 0 Å². The van der Waals surface area contributed by atoms with Gasteiger partial charge in [-0.2, -0.15) is 0 Å². The molecular formula is C9H12O3S2. The molecule has 78 valence electrons. The molecule has 3 nitrogen and oxygen atoms in total. The van der Waals surface area contributed by atoms with Crippen molar-refractivity contribution in [1.29, 1.82) is 0 Å². The Morgan fingerprint density at radius 1 is 1.43 bits per heavy atom. The molecule has 0 radical (unpaired) electrons. The molecule has 0 amide bonds. The minimum atomic E-state index is -0.187. The summed E-state index contributed by atoms with van der Waals surface area (Å²) in [5, 5.41) is 8.82. The second kappa shape index (κ2) is 6.16. The molecule has 0 aliphatic carbocycles. The molecule has 1 aliphatic heterocycles. The monoisotopic (exact) mass is 232 g/mol. The number of rotatable bonds is 4. The first kappa shape index (κ1) is 11.7. The fraction of sp³-hybridized carbons (Fsp3) is 0.444. The van der Waals surface area contributed by atoms with Gasteiger partial charge in [0.25, 0.3) is 0 Å². The Kier molecular flexibility index (Phi) is 5.14. The van der Waals surface area contributed by atoms with E-state index in [1.807, 2.05) is 12.2 Å². The minimum Gasteiger partial charge on any atom is -0.460 e. The van der Waals surface area contributed by atoms with E-state index in [0.29, 0.717) is 13.0 Å². The van der Waals surface area contributed by atoms with Crippen LogP contribution in [0.5, 0.6) is 0 Å². The number of ether oxygens (including phenoxy) is 1. The van der Waals surface area contributed by atoms with Crippen LogP contribution in [0.4, 0.5) is 0 Å². The number of carbonyl (C=O) groups excluding carboxylic acids is 1. The summed E-state index contributed by atoms with van der Waals surface area (Å²) in [4.78, 5) is 12.8. The van der Waals surface area contributed by atoms with Gasteiger partial charge in [0.05, 0.1) is 6.61 Å². The fourth-order valence-electron chi connectivity index (χ4n) is 0.753. The van der Waals surface area contributed by atoms with E-state index in [-0.39, 0.29) is 12.6 Å². The van der Waals surface area contributed by atoms with Crippen LogP contribution in [0.3, 0.4) is 0 Å². The van der Waals surface area contributed by atoms with Crippen molar-refractivity contribution in [3.8, 4) is 0 Å². The van der Waals surface area contributed by atoms with E-state index >= 15 is 0 Å². The van der Waals surface area contributed by atoms with Gasteiger partial charge in [0.2, 0.25) is 0 Å². The Bertz CT molecular complexity index is 271. The van der Waals surface area contributed by atoms with Crippen LogP contribution in [0.2, 0.25) is 0 Å². The molecular weight excluding hydrogens is 220 g/mol. The van der Waals surface area contributed by atoms with E-state index in [2.05, 4.69) is 0 Å². The first-order valence-corrected chi connectivity index (χ1v) is 6.42. The topological polar surface area (TPSA) is 46.5 Å². The Labute approximate surface area is 91.0 Å². The first-order valence-electron chi connectivity index (χ1n) is 4.27. The molecule has 0 saturated heterocycles. The number of aliphatic hydroxyl groups is 1. The lowest BCUT2D eigenvalue weighted by Crippen LogP contribution is -2.05. The van der Waals surface area contributed by atoms with Gasteiger partial charge in [0, 0.05) is 16.2 Å². The van der Waals surface area contributed by atoms with E-state index in [4.69, 9.17) is 9.84 Å². The maximum atomic E-state index is 10.9. The highest BCUT2D eigenvalue weighted by molar-refractivity contribution is 8.79. The summed E-state index contributed by atoms with van der Waals surface area (Å²) in [6.45, 7) is 2.17. The quantitative estimate of drug-likeness (QED) is 0.594. The molecule has 0 fully saturated rings. The highest BCUT2D eigenvalue weighted by Crippen LogP contribution is 2.39. The van der Waals surface area contributed by atoms with Gasteiger partial charge in [-0.05, 0) is 12.2 Å². The van der Waals surface area contributed by atoms with Crippen LogP contribution in [0.25, 0.3) is 0 Å². The highest BCUT2D eigenvalue weighted by Gasteiger charge is 2.08. The van der Waals surface area contributed by atoms with E-state index in [0.717, 1.165) is 9.81 Å². The molecule has 1 aliphatic rings. The van der Waals surface area contributed by atoms with Gasteiger partial charge in [-0.1, -0.05) is 28.5 Å². The molecule has 0 saturated carbocycles. The van der Waals surface area contributed by atoms with Gasteiger partial charge in [-0.15, -0.1) is 0 Å². The van der Waals surface area contributed by atoms with Crippen molar-refractivity contribution in [3.63, 3.8) is 0 Å². The van der Waals surface area contributed by atoms with Crippen molar-refractivity contribution in [2.75, 3.05) is 13.2 Å². The van der Waals surface area contributed by atoms with Crippen molar-refractivity contribution < 1.29 is 14.6 Å². The standard InChI is InChI=1S/C9H12O3S2/c1-2-9(11)12-6-8-4-3-7(5-10)13-14-8/h3-4,10H,2,5-6H2,1H3. The number of esters is 1. The van der Waals surface area contributed by atoms with E-state index < -0.39 is 0 Å². The molecule has 0 atom stereocenters. The second-order valence-electron chi connectivity index (χ2n) is 2.60. The molecule has 0 spiro atoms. The third-order valence-corrected chi connectivity index (χ3v) is 4.10. The number of hydrogen-bond acceptors (Lipinski definition) is 5. The summed E-state index contributed by atoms with van der Waals surface area (Å²) in [7, 11) is 3.02. The average molecular weight is 232 g/mol. The van der Waals surface area contributed by atoms with Crippen LogP contribution in [-0.2, 0) is 9.53 Å². The summed E-state index contributed by atoms with van der Waals surface area (Å²) >= 11 is 0. The molecule has 1 rings (SSSR count). The van der Waals surface area contributed by atoms with E-state index in [1.54, 1.807) is 6.92 Å². The molecule has 5 heteroatoms. The normalized spacial score (nSPS) is 15.9. The molecule has 0 unspecified atom stereocenters. The average Bonchev–Trinajstić information content (AvgIpc) is 2.26. The predicted octanol–water partition coefficient (Wildman–Crippen LogP) is 2.09. The molecule has 0 aromatic heterocycles. The number of hydrogen-bond donors (Lipinski definition) is 1. The van der Waals surface area contributed by atoms with Gasteiger partial charge in [0.1, 0.15) is 6.61 Å². The molecule has 1 N–H and O–H groups in total. The van der Waals surface area contributed by atoms with Crippen LogP contribution >= 0.6 is 21.6 Å². The Morgan fingerprint density at radius 3 is 2.57 bits per heavy atom. The lowest BCUT2D eigenvalue weighted by molar-refractivity contribution is -0.142. The third kappa shape index (κ3) is 3.77. The van der Waals surface area contributed by atoms with Crippen molar-refractivity contribution >= 4 is 27.6 Å². The van der Waals surface area contributed by atoms with Gasteiger partial charge in [-0.25, -0.2) is 0 Å². The number of carbonyl (C=O) groups is 1. The Morgan fingerprint density at radius 2 is 2.07 bits per heavy atom. The molecule has 14 heavy (non-hydrogen) atoms. The van der Waals surface area contributed by atoms with Crippen LogP contribution in [0.15, 0.2) is 22.0 Å². The SMILES string of the molecule is CCC(=O)OCC1=CC=C(CO)SS1. The summed E-state index contributed by atoms with van der Waals surface area (Å²) in [6, 6.07) is 0. The largest absolute Gasteiger partial charge is 0.460 e. The Hall–Kier alpha value is -0.390. The van der Waals surface area contributed by atoms with Crippen LogP contribution in [0, 0.1) is 0 Å². The van der Waals surface area contributed by atoms with Crippen molar-refractivity contribution in [3.05, 3.63) is 22.0 Å². The zero-order chi connectivity index (χ0) is 10.4. The third-order valence-electron chi connectivity index (χ3n) is 1.53. The summed E-state index contributed by atoms with van der Waals surface area (Å²) in [5.41, 5.74) is 0. The predicted molar refractivity (Wildman–Crippen MR) is 59.7 cm³/mol. The lowest BCUT2D eigenvalue weighted by Gasteiger charge is -2.11. The summed E-state index contributed by atoms with van der Waals surface area (Å²) in [6.07, 6.45) is 4.12. The second-order valence-corrected chi connectivity index (χ2v) is 4.99. The zero-order valence-electron chi connectivity index (χ0n) is 7.86. The lowest BCUT2D eigenvalue weighted by atomic mass is 10.4. The van der Waals surface area contributed by atoms with Crippen LogP contribution < -0.4 is 0 Å². The zero-order valence-corrected chi connectivity index (χ0v) is 9.49. The van der Waals surface area contributed by atoms with E-state index in [1.165, 1.54) is 21.6 Å². The number of allylic oxidation sites excluding steroid dienone is 2. The molecule has 0 aromatic carbocycles. The van der Waals surface area contributed by atoms with Crippen LogP contribution in [-0.4, -0.2) is 24.3 Å². The maximum absolute atomic E-state index is 10.9. The molecule has 0 aromatic rings. The summed E-state index contributed by atoms with van der Waals surface area (Å²) < 4.78 is 4.97. The number of aliphatic hydroxyl groups excluding tert-OH is 1. The van der Waals surface area contributed by atoms with Crippen LogP contribution in [0.1, 0.15) is 13.3 Å². The smallest absolute Gasteiger partial charge is 0.305 e. The minimum absolute atomic E-state index is 0.0657. The molecule has 0 bridgehead atoms. The highest BCUT2D eigenvalue weighted by atomic mass is 33.1. The maximum Gasteiger partial charge on any atom is 0.305 e. The van der Waals surface area contributed by atoms with Gasteiger partial charge < -0.3 is 9.84 Å². The van der Waals surface area contributed by atoms with Crippen molar-refractivity contribution in [2.45, 2.75) is 13.3 Å². The fourth-order valence-corrected chi connectivity index (χ4v) is 2.65. The summed E-state index contributed by atoms with van der Waals surface area (Å²) in [5.74, 6) is -0.187.